The number of carbonyl (C=O) groups is 3. The van der Waals surface area contributed by atoms with Crippen LogP contribution in [-0.4, -0.2) is 72.6 Å². The number of ether oxygens (including phenoxy) is 4. The lowest BCUT2D eigenvalue weighted by Crippen LogP contribution is -2.30. The second kappa shape index (κ2) is 15.0. The van der Waals surface area contributed by atoms with E-state index >= 15 is 4.39 Å². The first-order chi connectivity index (χ1) is 19.8. The van der Waals surface area contributed by atoms with Gasteiger partial charge in [-0.25, -0.2) is 4.39 Å². The Labute approximate surface area is 260 Å². The number of rotatable bonds is 15. The minimum Gasteiger partial charge on any atom is -0.493 e. The Kier molecular flexibility index (Phi) is 12.4. The molecule has 0 atom stereocenters. The number of benzene rings is 2. The van der Waals surface area contributed by atoms with Crippen LogP contribution in [0.15, 0.2) is 18.2 Å². The average Bonchev–Trinajstić information content (AvgIpc) is 3.22. The number of halogens is 2. The van der Waals surface area contributed by atoms with Crippen LogP contribution < -0.4 is 18.9 Å². The molecule has 11 nitrogen and oxygen atoms in total. The molecule has 0 aliphatic carbocycles. The average molecular weight is 670 g/mol. The molecule has 0 bridgehead atoms. The Balaban J connectivity index is 0.00000645. The quantitative estimate of drug-likeness (QED) is 0.170. The van der Waals surface area contributed by atoms with Crippen LogP contribution in [0.2, 0.25) is 0 Å². The molecule has 1 heterocycles. The Morgan fingerprint density at radius 2 is 1.53 bits per heavy atom. The van der Waals surface area contributed by atoms with Gasteiger partial charge in [-0.3, -0.25) is 19.8 Å². The Morgan fingerprint density at radius 1 is 0.930 bits per heavy atom. The highest BCUT2D eigenvalue weighted by atomic mass is 79.9. The van der Waals surface area contributed by atoms with Gasteiger partial charge in [-0.2, -0.15) is 0 Å². The Hall–Kier alpha value is -3.87. The highest BCUT2D eigenvalue weighted by Gasteiger charge is 2.33. The van der Waals surface area contributed by atoms with Gasteiger partial charge in [0.15, 0.2) is 34.6 Å². The lowest BCUT2D eigenvalue weighted by Gasteiger charge is -2.26. The van der Waals surface area contributed by atoms with Crippen LogP contribution in [0.5, 0.6) is 23.0 Å². The molecule has 2 aromatic rings. The van der Waals surface area contributed by atoms with E-state index in [1.54, 1.807) is 12.1 Å². The van der Waals surface area contributed by atoms with Crippen LogP contribution in [0.3, 0.4) is 0 Å². The lowest BCUT2D eigenvalue weighted by molar-refractivity contribution is -0.138. The molecular weight excluding hydrogens is 631 g/mol. The fourth-order valence-electron chi connectivity index (χ4n) is 4.60. The highest BCUT2D eigenvalue weighted by Crippen LogP contribution is 2.41. The van der Waals surface area contributed by atoms with Gasteiger partial charge in [-0.15, -0.1) is 17.0 Å². The van der Waals surface area contributed by atoms with E-state index in [0.29, 0.717) is 16.9 Å². The van der Waals surface area contributed by atoms with Crippen LogP contribution in [0.25, 0.3) is 0 Å². The van der Waals surface area contributed by atoms with E-state index in [4.69, 9.17) is 34.6 Å². The first-order valence-corrected chi connectivity index (χ1v) is 13.5. The maximum absolute atomic E-state index is 15.2. The number of aliphatic carboxylic acids is 2. The summed E-state index contributed by atoms with van der Waals surface area (Å²) in [6, 6.07) is 4.77. The Morgan fingerprint density at radius 3 is 2.07 bits per heavy atom. The predicted octanol–water partition coefficient (Wildman–Crippen LogP) is 5.23. The van der Waals surface area contributed by atoms with E-state index in [0.717, 1.165) is 0 Å². The third-order valence-corrected chi connectivity index (χ3v) is 6.70. The topological polar surface area (TPSA) is 156 Å². The summed E-state index contributed by atoms with van der Waals surface area (Å²) in [5.41, 5.74) is 0.918. The van der Waals surface area contributed by atoms with Gasteiger partial charge in [-0.05, 0) is 42.0 Å². The molecule has 2 aromatic carbocycles. The number of carbonyl (C=O) groups excluding carboxylic acids is 1. The molecular formula is C30H38BrFN2O9. The minimum absolute atomic E-state index is 0. The van der Waals surface area contributed by atoms with Crippen molar-refractivity contribution >= 4 is 40.5 Å². The van der Waals surface area contributed by atoms with Crippen LogP contribution in [-0.2, 0) is 21.5 Å². The first-order valence-electron chi connectivity index (χ1n) is 13.5. The van der Waals surface area contributed by atoms with Crippen molar-refractivity contribution in [3.8, 4) is 23.0 Å². The van der Waals surface area contributed by atoms with E-state index < -0.39 is 23.2 Å². The number of ketones is 1. The van der Waals surface area contributed by atoms with Gasteiger partial charge in [0, 0.05) is 30.5 Å². The highest BCUT2D eigenvalue weighted by molar-refractivity contribution is 8.93. The summed E-state index contributed by atoms with van der Waals surface area (Å²) in [5.74, 6) is -2.52. The van der Waals surface area contributed by atoms with Gasteiger partial charge in [-0.1, -0.05) is 20.8 Å². The summed E-state index contributed by atoms with van der Waals surface area (Å²) in [4.78, 5) is 37.0. The predicted molar refractivity (Wildman–Crippen MR) is 161 cm³/mol. The molecule has 236 valence electrons. The van der Waals surface area contributed by atoms with Gasteiger partial charge in [0.2, 0.25) is 0 Å². The second-order valence-electron chi connectivity index (χ2n) is 10.9. The van der Waals surface area contributed by atoms with Gasteiger partial charge in [0.05, 0.1) is 39.5 Å². The number of methoxy groups -OCH3 is 2. The van der Waals surface area contributed by atoms with Crippen molar-refractivity contribution in [3.63, 3.8) is 0 Å². The second-order valence-corrected chi connectivity index (χ2v) is 10.9. The largest absolute Gasteiger partial charge is 0.493 e. The number of Topliss-reactive ketones (excluding diaryl/α,β-unsaturated/α-hetero) is 1. The third-order valence-electron chi connectivity index (χ3n) is 6.70. The summed E-state index contributed by atoms with van der Waals surface area (Å²) < 4.78 is 37.4. The van der Waals surface area contributed by atoms with Crippen molar-refractivity contribution in [2.24, 2.45) is 0 Å². The number of nitrogens with one attached hydrogen (secondary N) is 1. The molecule has 1 aliphatic rings. The van der Waals surface area contributed by atoms with Gasteiger partial charge in [0.1, 0.15) is 5.84 Å². The van der Waals surface area contributed by atoms with E-state index in [1.165, 1.54) is 25.2 Å². The fourth-order valence-corrected chi connectivity index (χ4v) is 4.60. The van der Waals surface area contributed by atoms with E-state index in [1.807, 2.05) is 20.8 Å². The molecule has 3 N–H and O–H groups in total. The summed E-state index contributed by atoms with van der Waals surface area (Å²) in [7, 11) is 2.69. The van der Waals surface area contributed by atoms with Crippen molar-refractivity contribution in [1.82, 2.24) is 4.90 Å². The molecule has 43 heavy (non-hydrogen) atoms. The summed E-state index contributed by atoms with van der Waals surface area (Å²) >= 11 is 0. The van der Waals surface area contributed by atoms with Gasteiger partial charge < -0.3 is 34.1 Å². The van der Waals surface area contributed by atoms with Crippen molar-refractivity contribution in [2.75, 3.05) is 34.0 Å². The maximum atomic E-state index is 15.2. The number of hydrogen-bond acceptors (Lipinski definition) is 8. The number of carboxylic acid groups (broad SMARTS) is 2. The third kappa shape index (κ3) is 8.59. The van der Waals surface area contributed by atoms with Crippen molar-refractivity contribution < 1.29 is 47.9 Å². The van der Waals surface area contributed by atoms with Crippen molar-refractivity contribution in [2.45, 2.75) is 58.4 Å². The molecule has 13 heteroatoms. The van der Waals surface area contributed by atoms with Crippen LogP contribution in [0.1, 0.15) is 73.5 Å². The van der Waals surface area contributed by atoms with Crippen LogP contribution in [0, 0.1) is 11.2 Å². The van der Waals surface area contributed by atoms with Gasteiger partial charge in [0.25, 0.3) is 0 Å². The fraction of sp³-hybridized carbons (Fsp3) is 0.467. The van der Waals surface area contributed by atoms with Gasteiger partial charge >= 0.3 is 11.9 Å². The number of carboxylic acids is 2. The summed E-state index contributed by atoms with van der Waals surface area (Å²) in [5, 5.41) is 26.5. The van der Waals surface area contributed by atoms with E-state index in [9.17, 15) is 14.4 Å². The number of hydrogen-bond donors (Lipinski definition) is 3. The minimum atomic E-state index is -0.969. The lowest BCUT2D eigenvalue weighted by atomic mass is 9.84. The standard InChI is InChI=1S/C30H37FN2O9.BrH/c1-30(2,3)19-12-17(13-22(41-10-6-8-23(35)36)27(19)42-11-7-9-24(37)38)20(34)16-33-15-18-14-21(39-4)28(40-5)26(31)25(18)29(33)32;/h12-14,32H,6-11,15-16H2,1-5H3,(H,35,36)(H,37,38);1H. The van der Waals surface area contributed by atoms with Crippen molar-refractivity contribution in [1.29, 1.82) is 5.41 Å². The molecule has 3 rings (SSSR count). The van der Waals surface area contributed by atoms with Crippen LogP contribution in [0.4, 0.5) is 4.39 Å². The van der Waals surface area contributed by atoms with Crippen LogP contribution >= 0.6 is 17.0 Å². The smallest absolute Gasteiger partial charge is 0.303 e. The zero-order chi connectivity index (χ0) is 31.2. The number of nitrogens with zero attached hydrogens (tertiary/aromatic N) is 1. The molecule has 0 saturated carbocycles. The zero-order valence-electron chi connectivity index (χ0n) is 24.9. The number of fused-ring (bicyclic) bond motifs is 1. The molecule has 0 fully saturated rings. The molecule has 0 radical (unpaired) electrons. The zero-order valence-corrected chi connectivity index (χ0v) is 26.6. The molecule has 0 saturated heterocycles. The number of amidine groups is 1. The van der Waals surface area contributed by atoms with Crippen molar-refractivity contribution in [3.05, 3.63) is 46.3 Å². The molecule has 1 aliphatic heterocycles. The van der Waals surface area contributed by atoms with E-state index in [-0.39, 0.29) is 109 Å². The molecule has 0 aromatic heterocycles. The molecule has 0 amide bonds. The SMILES string of the molecule is Br.COc1cc2c(c(F)c1OC)C(=N)N(CC(=O)c1cc(OCCCC(=O)O)c(OCCCC(=O)O)c(C(C)(C)C)c1)C2. The maximum Gasteiger partial charge on any atom is 0.303 e. The molecule has 0 spiro atoms. The van der Waals surface area contributed by atoms with E-state index in [2.05, 4.69) is 0 Å². The summed E-state index contributed by atoms with van der Waals surface area (Å²) in [6.45, 7) is 5.80. The normalized spacial score (nSPS) is 12.3. The Bertz CT molecular complexity index is 1370. The summed E-state index contributed by atoms with van der Waals surface area (Å²) in [6.07, 6.45) is 0.280. The monoisotopic (exact) mass is 668 g/mol. The first kappa shape index (κ1) is 35.3. The molecule has 0 unspecified atom stereocenters.